The predicted octanol–water partition coefficient (Wildman–Crippen LogP) is 4.61. The van der Waals surface area contributed by atoms with Crippen LogP contribution in [-0.2, 0) is 4.79 Å². The van der Waals surface area contributed by atoms with E-state index in [1.807, 2.05) is 41.8 Å². The topological polar surface area (TPSA) is 65.4 Å². The van der Waals surface area contributed by atoms with E-state index in [1.165, 1.54) is 16.7 Å². The number of carbonyl (C=O) groups is 1. The van der Waals surface area contributed by atoms with E-state index in [0.717, 1.165) is 16.3 Å². The molecule has 1 amide bonds. The minimum Gasteiger partial charge on any atom is -0.497 e. The lowest BCUT2D eigenvalue weighted by atomic mass is 10.1. The number of nitrogens with one attached hydrogen (secondary N) is 2. The number of amides is 1. The van der Waals surface area contributed by atoms with Crippen LogP contribution in [0.3, 0.4) is 0 Å². The van der Waals surface area contributed by atoms with E-state index in [4.69, 9.17) is 21.7 Å². The van der Waals surface area contributed by atoms with Gasteiger partial charge in [-0.1, -0.05) is 41.6 Å². The maximum absolute atomic E-state index is 12.6. The molecule has 0 radical (unpaired) electrons. The molecule has 0 aliphatic carbocycles. The Kier molecular flexibility index (Phi) is 4.68. The van der Waals surface area contributed by atoms with Crippen LogP contribution in [0.1, 0.15) is 12.0 Å². The molecule has 0 unspecified atom stereocenters. The van der Waals surface area contributed by atoms with Crippen LogP contribution in [0.5, 0.6) is 5.75 Å². The van der Waals surface area contributed by atoms with Crippen molar-refractivity contribution in [2.75, 3.05) is 12.0 Å². The van der Waals surface area contributed by atoms with Crippen LogP contribution in [-0.4, -0.2) is 18.9 Å². The van der Waals surface area contributed by atoms with Crippen molar-refractivity contribution in [1.29, 1.82) is 5.41 Å². The largest absolute Gasteiger partial charge is 0.497 e. The van der Waals surface area contributed by atoms with Crippen molar-refractivity contribution in [2.45, 2.75) is 6.42 Å². The second-order valence-corrected chi connectivity index (χ2v) is 7.36. The summed E-state index contributed by atoms with van der Waals surface area (Å²) in [6.45, 7) is 0. The van der Waals surface area contributed by atoms with Gasteiger partial charge in [0.05, 0.1) is 29.9 Å². The maximum Gasteiger partial charge on any atom is 0.237 e. The Balaban J connectivity index is 1.59. The molecule has 2 aliphatic heterocycles. The fourth-order valence-electron chi connectivity index (χ4n) is 3.00. The van der Waals surface area contributed by atoms with E-state index >= 15 is 0 Å². The third kappa shape index (κ3) is 3.34. The number of hydrogen-bond donors (Lipinski definition) is 2. The smallest absolute Gasteiger partial charge is 0.237 e. The second kappa shape index (κ2) is 7.13. The molecule has 2 aromatic rings. The van der Waals surface area contributed by atoms with Gasteiger partial charge in [0.15, 0.2) is 0 Å². The lowest BCUT2D eigenvalue weighted by Crippen LogP contribution is -2.28. The first-order valence-electron chi connectivity index (χ1n) is 8.25. The molecule has 4 rings (SSSR count). The van der Waals surface area contributed by atoms with E-state index in [9.17, 15) is 4.79 Å². The zero-order valence-corrected chi connectivity index (χ0v) is 16.0. The Hall–Kier alpha value is -2.70. The van der Waals surface area contributed by atoms with E-state index in [0.29, 0.717) is 22.0 Å². The van der Waals surface area contributed by atoms with E-state index in [1.54, 1.807) is 19.2 Å². The maximum atomic E-state index is 12.6. The molecule has 27 heavy (non-hydrogen) atoms. The summed E-state index contributed by atoms with van der Waals surface area (Å²) in [5.74, 6) is 0.710. The van der Waals surface area contributed by atoms with Crippen molar-refractivity contribution in [2.24, 2.45) is 0 Å². The molecule has 2 aliphatic rings. The van der Waals surface area contributed by atoms with E-state index in [2.05, 4.69) is 5.32 Å². The number of hydrogen-bond acceptors (Lipinski definition) is 5. The summed E-state index contributed by atoms with van der Waals surface area (Å²) in [7, 11) is 1.58. The highest BCUT2D eigenvalue weighted by Gasteiger charge is 2.35. The molecule has 0 aromatic heterocycles. The molecule has 2 N–H and O–H groups in total. The molecule has 5 nitrogen and oxygen atoms in total. The van der Waals surface area contributed by atoms with Crippen LogP contribution < -0.4 is 15.0 Å². The number of rotatable bonds is 3. The van der Waals surface area contributed by atoms with Crippen molar-refractivity contribution in [3.63, 3.8) is 0 Å². The van der Waals surface area contributed by atoms with Crippen LogP contribution in [0.25, 0.3) is 5.70 Å². The Bertz CT molecular complexity index is 999. The molecule has 1 saturated heterocycles. The number of benzene rings is 2. The molecule has 2 heterocycles. The van der Waals surface area contributed by atoms with Gasteiger partial charge >= 0.3 is 0 Å². The number of anilines is 1. The van der Waals surface area contributed by atoms with Gasteiger partial charge in [-0.2, -0.15) is 0 Å². The minimum atomic E-state index is -0.127. The van der Waals surface area contributed by atoms with Crippen molar-refractivity contribution < 1.29 is 9.53 Å². The Morgan fingerprint density at radius 2 is 2.00 bits per heavy atom. The molecule has 0 saturated carbocycles. The zero-order chi connectivity index (χ0) is 19.0. The van der Waals surface area contributed by atoms with E-state index in [-0.39, 0.29) is 18.2 Å². The van der Waals surface area contributed by atoms with E-state index < -0.39 is 0 Å². The number of methoxy groups -OCH3 is 1. The molecule has 136 valence electrons. The highest BCUT2D eigenvalue weighted by Crippen LogP contribution is 2.37. The summed E-state index contributed by atoms with van der Waals surface area (Å²) in [5, 5.41) is 15.3. The monoisotopic (exact) mass is 397 g/mol. The fraction of sp³-hybridized carbons (Fsp3) is 0.100. The Morgan fingerprint density at radius 3 is 2.74 bits per heavy atom. The summed E-state index contributed by atoms with van der Waals surface area (Å²) in [6.07, 6.45) is 0.188. The SMILES string of the molecule is COc1cccc(N2C(=N)/C(=C3/NC(c4ccc(Cl)cc4)=CS3)CC2=O)c1. The summed E-state index contributed by atoms with van der Waals surface area (Å²) in [6, 6.07) is 14.7. The number of thioether (sulfide) groups is 1. The number of halogens is 1. The quantitative estimate of drug-likeness (QED) is 0.793. The van der Waals surface area contributed by atoms with Crippen molar-refractivity contribution in [1.82, 2.24) is 5.32 Å². The van der Waals surface area contributed by atoms with Crippen molar-refractivity contribution in [3.05, 3.63) is 75.1 Å². The molecular weight excluding hydrogens is 382 g/mol. The van der Waals surface area contributed by atoms with Gasteiger partial charge in [0.1, 0.15) is 11.6 Å². The predicted molar refractivity (Wildman–Crippen MR) is 110 cm³/mol. The van der Waals surface area contributed by atoms with Gasteiger partial charge in [-0.25, -0.2) is 0 Å². The molecule has 0 bridgehead atoms. The average molecular weight is 398 g/mol. The Labute approximate surface area is 166 Å². The standard InChI is InChI=1S/C20H16ClN3O2S/c1-26-15-4-2-3-14(9-15)24-18(25)10-16(19(24)22)20-23-17(11-27-20)12-5-7-13(21)8-6-12/h2-9,11,22-23H,10H2,1H3/b20-16-,22-19?. The third-order valence-electron chi connectivity index (χ3n) is 4.37. The van der Waals surface area contributed by atoms with Crippen LogP contribution in [0, 0.1) is 5.41 Å². The van der Waals surface area contributed by atoms with Gasteiger partial charge in [-0.15, -0.1) is 0 Å². The van der Waals surface area contributed by atoms with Crippen LogP contribution in [0.2, 0.25) is 5.02 Å². The van der Waals surface area contributed by atoms with Crippen molar-refractivity contribution >= 4 is 46.5 Å². The normalized spacial score (nSPS) is 19.3. The van der Waals surface area contributed by atoms with Crippen LogP contribution in [0.4, 0.5) is 5.69 Å². The molecule has 7 heteroatoms. The third-order valence-corrected chi connectivity index (χ3v) is 5.56. The zero-order valence-electron chi connectivity index (χ0n) is 14.5. The fourth-order valence-corrected chi connectivity index (χ4v) is 4.04. The van der Waals surface area contributed by atoms with Gasteiger partial charge in [0, 0.05) is 22.1 Å². The van der Waals surface area contributed by atoms with Gasteiger partial charge in [0.25, 0.3) is 0 Å². The molecule has 2 aromatic carbocycles. The van der Waals surface area contributed by atoms with Gasteiger partial charge in [0.2, 0.25) is 5.91 Å². The summed E-state index contributed by atoms with van der Waals surface area (Å²) < 4.78 is 5.23. The number of carbonyl (C=O) groups excluding carboxylic acids is 1. The first-order valence-corrected chi connectivity index (χ1v) is 9.51. The molecule has 0 atom stereocenters. The number of ether oxygens (including phenoxy) is 1. The molecular formula is C20H16ClN3O2S. The first-order chi connectivity index (χ1) is 13.1. The number of amidine groups is 1. The highest BCUT2D eigenvalue weighted by atomic mass is 35.5. The summed E-state index contributed by atoms with van der Waals surface area (Å²) >= 11 is 7.43. The number of nitrogens with zero attached hydrogens (tertiary/aromatic N) is 1. The lowest BCUT2D eigenvalue weighted by Gasteiger charge is -2.17. The Morgan fingerprint density at radius 1 is 1.22 bits per heavy atom. The van der Waals surface area contributed by atoms with Gasteiger partial charge < -0.3 is 10.1 Å². The molecule has 0 spiro atoms. The van der Waals surface area contributed by atoms with Crippen LogP contribution in [0.15, 0.2) is 64.5 Å². The lowest BCUT2D eigenvalue weighted by molar-refractivity contribution is -0.116. The highest BCUT2D eigenvalue weighted by molar-refractivity contribution is 8.06. The summed E-state index contributed by atoms with van der Waals surface area (Å²) in [5.41, 5.74) is 3.25. The minimum absolute atomic E-state index is 0.127. The van der Waals surface area contributed by atoms with Crippen molar-refractivity contribution in [3.8, 4) is 5.75 Å². The summed E-state index contributed by atoms with van der Waals surface area (Å²) in [4.78, 5) is 14.0. The van der Waals surface area contributed by atoms with Crippen LogP contribution >= 0.6 is 23.4 Å². The van der Waals surface area contributed by atoms with Gasteiger partial charge in [-0.3, -0.25) is 15.1 Å². The van der Waals surface area contributed by atoms with Gasteiger partial charge in [-0.05, 0) is 29.8 Å². The molecule has 1 fully saturated rings. The second-order valence-electron chi connectivity index (χ2n) is 6.04. The first kappa shape index (κ1) is 17.7. The average Bonchev–Trinajstić information content (AvgIpc) is 3.27.